The molecule has 4 fully saturated rings. The maximum absolute atomic E-state index is 13.1. The summed E-state index contributed by atoms with van der Waals surface area (Å²) in [7, 11) is 0. The highest BCUT2D eigenvalue weighted by Crippen LogP contribution is 2.59. The van der Waals surface area contributed by atoms with Gasteiger partial charge in [0.2, 0.25) is 0 Å². The normalized spacial score (nSPS) is 43.0. The molecule has 7 unspecified atom stereocenters. The van der Waals surface area contributed by atoms with Gasteiger partial charge in [-0.05, 0) is 68.6 Å². The number of hydrogen-bond donors (Lipinski definition) is 0. The molecule has 3 saturated carbocycles. The molecule has 0 spiro atoms. The van der Waals surface area contributed by atoms with E-state index in [2.05, 4.69) is 13.8 Å². The number of cyclic esters (lactones) is 2. The van der Waals surface area contributed by atoms with Crippen LogP contribution in [-0.4, -0.2) is 23.5 Å². The van der Waals surface area contributed by atoms with Crippen molar-refractivity contribution in [1.82, 2.24) is 0 Å². The summed E-state index contributed by atoms with van der Waals surface area (Å²) in [5, 5.41) is 0. The second-order valence-corrected chi connectivity index (χ2v) is 9.51. The number of ether oxygens (including phenoxy) is 2. The lowest BCUT2D eigenvalue weighted by Gasteiger charge is -2.40. The SMILES string of the molecule is CCC1(OC(=O)C2CC3CC2C(C)C3C2C(=O)OC(=O)C2C)CCCCC1. The zero-order valence-electron chi connectivity index (χ0n) is 16.7. The molecular formula is C22H32O5. The molecule has 1 saturated heterocycles. The molecule has 0 aromatic heterocycles. The van der Waals surface area contributed by atoms with E-state index in [4.69, 9.17) is 9.47 Å². The third kappa shape index (κ3) is 3.01. The lowest BCUT2D eigenvalue weighted by Crippen LogP contribution is -2.42. The molecule has 1 aliphatic heterocycles. The Morgan fingerprint density at radius 2 is 1.81 bits per heavy atom. The Bertz CT molecular complexity index is 633. The average molecular weight is 376 g/mol. The Labute approximate surface area is 161 Å². The summed E-state index contributed by atoms with van der Waals surface area (Å²) in [5.41, 5.74) is -0.254. The summed E-state index contributed by atoms with van der Waals surface area (Å²) in [5.74, 6) is -0.525. The Morgan fingerprint density at radius 3 is 2.37 bits per heavy atom. The van der Waals surface area contributed by atoms with Gasteiger partial charge in [-0.25, -0.2) is 0 Å². The van der Waals surface area contributed by atoms with Crippen LogP contribution in [0.5, 0.6) is 0 Å². The Morgan fingerprint density at radius 1 is 1.11 bits per heavy atom. The van der Waals surface area contributed by atoms with Gasteiger partial charge in [-0.3, -0.25) is 14.4 Å². The van der Waals surface area contributed by atoms with E-state index in [0.29, 0.717) is 5.92 Å². The number of carbonyl (C=O) groups excluding carboxylic acids is 3. The lowest BCUT2D eigenvalue weighted by atomic mass is 9.67. The van der Waals surface area contributed by atoms with E-state index < -0.39 is 5.97 Å². The van der Waals surface area contributed by atoms with Gasteiger partial charge in [-0.2, -0.15) is 0 Å². The molecule has 0 amide bonds. The highest BCUT2D eigenvalue weighted by molar-refractivity contribution is 5.96. The highest BCUT2D eigenvalue weighted by atomic mass is 16.6. The van der Waals surface area contributed by atoms with E-state index in [1.54, 1.807) is 6.92 Å². The third-order valence-electron chi connectivity index (χ3n) is 8.30. The zero-order valence-corrected chi connectivity index (χ0v) is 16.7. The number of rotatable bonds is 4. The van der Waals surface area contributed by atoms with Crippen LogP contribution in [0.1, 0.15) is 72.1 Å². The minimum atomic E-state index is -0.391. The fraction of sp³-hybridized carbons (Fsp3) is 0.864. The van der Waals surface area contributed by atoms with Crippen molar-refractivity contribution in [2.75, 3.05) is 0 Å². The largest absolute Gasteiger partial charge is 0.459 e. The molecule has 27 heavy (non-hydrogen) atoms. The second-order valence-electron chi connectivity index (χ2n) is 9.51. The molecule has 0 radical (unpaired) electrons. The first-order chi connectivity index (χ1) is 12.9. The van der Waals surface area contributed by atoms with Gasteiger partial charge in [0.05, 0.1) is 17.8 Å². The fourth-order valence-corrected chi connectivity index (χ4v) is 6.73. The highest BCUT2D eigenvalue weighted by Gasteiger charge is 2.60. The van der Waals surface area contributed by atoms with E-state index in [9.17, 15) is 14.4 Å². The van der Waals surface area contributed by atoms with Crippen molar-refractivity contribution in [3.8, 4) is 0 Å². The molecule has 2 bridgehead atoms. The van der Waals surface area contributed by atoms with Crippen molar-refractivity contribution >= 4 is 17.9 Å². The van der Waals surface area contributed by atoms with Crippen LogP contribution in [0.2, 0.25) is 0 Å². The molecule has 1 heterocycles. The van der Waals surface area contributed by atoms with Gasteiger partial charge in [-0.1, -0.05) is 27.2 Å². The van der Waals surface area contributed by atoms with Crippen LogP contribution in [0.25, 0.3) is 0 Å². The summed E-state index contributed by atoms with van der Waals surface area (Å²) in [6.07, 6.45) is 8.16. The maximum atomic E-state index is 13.1. The van der Waals surface area contributed by atoms with E-state index in [0.717, 1.165) is 44.9 Å². The summed E-state index contributed by atoms with van der Waals surface area (Å²) in [6, 6.07) is 0. The minimum Gasteiger partial charge on any atom is -0.459 e. The number of carbonyl (C=O) groups is 3. The monoisotopic (exact) mass is 376 g/mol. The van der Waals surface area contributed by atoms with Gasteiger partial charge < -0.3 is 9.47 Å². The van der Waals surface area contributed by atoms with Crippen molar-refractivity contribution in [3.05, 3.63) is 0 Å². The molecule has 5 heteroatoms. The van der Waals surface area contributed by atoms with Crippen LogP contribution in [0, 0.1) is 41.4 Å². The molecule has 0 N–H and O–H groups in total. The minimum absolute atomic E-state index is 0.0188. The molecule has 4 rings (SSSR count). The van der Waals surface area contributed by atoms with E-state index in [1.807, 2.05) is 0 Å². The van der Waals surface area contributed by atoms with Gasteiger partial charge >= 0.3 is 17.9 Å². The average Bonchev–Trinajstić information content (AvgIpc) is 3.29. The van der Waals surface area contributed by atoms with Crippen molar-refractivity contribution in [2.24, 2.45) is 41.4 Å². The van der Waals surface area contributed by atoms with E-state index >= 15 is 0 Å². The van der Waals surface area contributed by atoms with E-state index in [-0.39, 0.29) is 53.0 Å². The zero-order chi connectivity index (χ0) is 19.3. The van der Waals surface area contributed by atoms with Crippen molar-refractivity contribution in [2.45, 2.75) is 77.7 Å². The van der Waals surface area contributed by atoms with Crippen molar-refractivity contribution in [1.29, 1.82) is 0 Å². The summed E-state index contributed by atoms with van der Waals surface area (Å²) in [4.78, 5) is 37.1. The van der Waals surface area contributed by atoms with Crippen LogP contribution < -0.4 is 0 Å². The summed E-state index contributed by atoms with van der Waals surface area (Å²) < 4.78 is 11.0. The third-order valence-corrected chi connectivity index (χ3v) is 8.30. The van der Waals surface area contributed by atoms with Gasteiger partial charge in [0, 0.05) is 0 Å². The molecular weight excluding hydrogens is 344 g/mol. The van der Waals surface area contributed by atoms with Crippen molar-refractivity contribution in [3.63, 3.8) is 0 Å². The van der Waals surface area contributed by atoms with Crippen molar-refractivity contribution < 1.29 is 23.9 Å². The first kappa shape index (κ1) is 18.9. The Kier molecular flexibility index (Phi) is 4.84. The standard InChI is InChI=1S/C22H32O5/c1-4-22(8-6-5-7-9-22)27-20(24)16-11-14-10-15(16)12(2)17(14)18-13(3)19(23)26-21(18)25/h12-18H,4-11H2,1-3H3. The van der Waals surface area contributed by atoms with Gasteiger partial charge in [0.1, 0.15) is 5.60 Å². The first-order valence-electron chi connectivity index (χ1n) is 10.9. The first-order valence-corrected chi connectivity index (χ1v) is 10.9. The fourth-order valence-electron chi connectivity index (χ4n) is 6.73. The van der Waals surface area contributed by atoms with Crippen LogP contribution in [0.4, 0.5) is 0 Å². The topological polar surface area (TPSA) is 69.7 Å². The molecule has 7 atom stereocenters. The molecule has 3 aliphatic carbocycles. The lowest BCUT2D eigenvalue weighted by molar-refractivity contribution is -0.172. The maximum Gasteiger partial charge on any atom is 0.317 e. The molecule has 0 aromatic carbocycles. The van der Waals surface area contributed by atoms with Crippen LogP contribution in [0.3, 0.4) is 0 Å². The van der Waals surface area contributed by atoms with Crippen LogP contribution in [-0.2, 0) is 23.9 Å². The Balaban J connectivity index is 1.45. The van der Waals surface area contributed by atoms with E-state index in [1.165, 1.54) is 6.42 Å². The van der Waals surface area contributed by atoms with Gasteiger partial charge in [0.25, 0.3) is 0 Å². The van der Waals surface area contributed by atoms with Gasteiger partial charge in [0.15, 0.2) is 0 Å². The number of hydrogen-bond acceptors (Lipinski definition) is 5. The summed E-state index contributed by atoms with van der Waals surface area (Å²) in [6.45, 7) is 6.08. The number of esters is 3. The quantitative estimate of drug-likeness (QED) is 0.550. The molecule has 5 nitrogen and oxygen atoms in total. The van der Waals surface area contributed by atoms with Crippen LogP contribution >= 0.6 is 0 Å². The molecule has 150 valence electrons. The predicted molar refractivity (Wildman–Crippen MR) is 98.3 cm³/mol. The summed E-state index contributed by atoms with van der Waals surface area (Å²) >= 11 is 0. The Hall–Kier alpha value is -1.39. The number of fused-ring (bicyclic) bond motifs is 2. The molecule has 4 aliphatic rings. The predicted octanol–water partition coefficient (Wildman–Crippen LogP) is 3.89. The van der Waals surface area contributed by atoms with Gasteiger partial charge in [-0.15, -0.1) is 0 Å². The van der Waals surface area contributed by atoms with Crippen LogP contribution in [0.15, 0.2) is 0 Å². The second kappa shape index (κ2) is 6.89. The smallest absolute Gasteiger partial charge is 0.317 e. The molecule has 0 aromatic rings.